The minimum atomic E-state index is -0.984. The number of rotatable bonds is 8. The lowest BCUT2D eigenvalue weighted by molar-refractivity contribution is -0.385. The second kappa shape index (κ2) is 9.79. The minimum Gasteiger partial charge on any atom is -0.462 e. The van der Waals surface area contributed by atoms with E-state index in [1.807, 2.05) is 0 Å². The van der Waals surface area contributed by atoms with Crippen LogP contribution in [0.5, 0.6) is 0 Å². The average Bonchev–Trinajstić information content (AvgIpc) is 3.23. The van der Waals surface area contributed by atoms with Gasteiger partial charge in [0.25, 0.3) is 17.5 Å². The summed E-state index contributed by atoms with van der Waals surface area (Å²) in [5.41, 5.74) is -0.934. The first-order valence-electron chi connectivity index (χ1n) is 10.0. The summed E-state index contributed by atoms with van der Waals surface area (Å²) in [6, 6.07) is 3.61. The molecule has 3 rings (SSSR count). The summed E-state index contributed by atoms with van der Waals surface area (Å²) in [4.78, 5) is 73.8. The average molecular weight is 489 g/mol. The van der Waals surface area contributed by atoms with E-state index in [4.69, 9.17) is 9.47 Å². The van der Waals surface area contributed by atoms with Gasteiger partial charge in [-0.05, 0) is 32.4 Å². The van der Waals surface area contributed by atoms with E-state index in [-0.39, 0.29) is 39.8 Å². The highest BCUT2D eigenvalue weighted by atomic mass is 32.1. The van der Waals surface area contributed by atoms with Gasteiger partial charge < -0.3 is 14.8 Å². The molecular weight excluding hydrogens is 470 g/mol. The summed E-state index contributed by atoms with van der Waals surface area (Å²) in [6.07, 6.45) is 0. The maximum atomic E-state index is 12.7. The third-order valence-electron chi connectivity index (χ3n) is 4.82. The Morgan fingerprint density at radius 3 is 2.35 bits per heavy atom. The van der Waals surface area contributed by atoms with E-state index < -0.39 is 52.4 Å². The molecule has 0 saturated carbocycles. The van der Waals surface area contributed by atoms with Crippen molar-refractivity contribution in [3.8, 4) is 0 Å². The van der Waals surface area contributed by atoms with Gasteiger partial charge in [0.15, 0.2) is 0 Å². The van der Waals surface area contributed by atoms with Crippen molar-refractivity contribution in [3.05, 3.63) is 55.4 Å². The van der Waals surface area contributed by atoms with E-state index in [1.165, 1.54) is 19.1 Å². The van der Waals surface area contributed by atoms with Crippen molar-refractivity contribution in [3.63, 3.8) is 0 Å². The van der Waals surface area contributed by atoms with E-state index in [9.17, 15) is 34.1 Å². The number of imide groups is 1. The molecule has 0 atom stereocenters. The number of thiophene rings is 1. The lowest BCUT2D eigenvalue weighted by Gasteiger charge is -2.13. The summed E-state index contributed by atoms with van der Waals surface area (Å²) >= 11 is 0.785. The Morgan fingerprint density at radius 2 is 1.74 bits per heavy atom. The van der Waals surface area contributed by atoms with Crippen LogP contribution in [0.3, 0.4) is 0 Å². The molecule has 0 aliphatic carbocycles. The van der Waals surface area contributed by atoms with Gasteiger partial charge in [0.05, 0.1) is 29.3 Å². The fraction of sp³-hybridized carbons (Fsp3) is 0.286. The smallest absolute Gasteiger partial charge is 0.348 e. The minimum absolute atomic E-state index is 0.0217. The lowest BCUT2D eigenvalue weighted by atomic mass is 10.1. The number of nitro benzene ring substituents is 1. The lowest BCUT2D eigenvalue weighted by Crippen LogP contribution is -2.37. The van der Waals surface area contributed by atoms with Gasteiger partial charge in [-0.25, -0.2) is 9.59 Å². The van der Waals surface area contributed by atoms with Crippen LogP contribution in [0.15, 0.2) is 18.2 Å². The van der Waals surface area contributed by atoms with Gasteiger partial charge in [-0.3, -0.25) is 29.4 Å². The summed E-state index contributed by atoms with van der Waals surface area (Å²) in [6.45, 7) is 4.07. The molecule has 0 saturated heterocycles. The van der Waals surface area contributed by atoms with Crippen LogP contribution in [0.4, 0.5) is 10.7 Å². The fourth-order valence-electron chi connectivity index (χ4n) is 3.36. The molecule has 1 aliphatic rings. The number of hydrogen-bond donors (Lipinski definition) is 1. The Morgan fingerprint density at radius 1 is 1.09 bits per heavy atom. The first kappa shape index (κ1) is 24.5. The third kappa shape index (κ3) is 4.37. The molecule has 34 heavy (non-hydrogen) atoms. The molecule has 0 fully saturated rings. The van der Waals surface area contributed by atoms with Crippen molar-refractivity contribution in [1.29, 1.82) is 0 Å². The normalized spacial score (nSPS) is 12.4. The number of nitro groups is 1. The van der Waals surface area contributed by atoms with E-state index in [2.05, 4.69) is 5.32 Å². The Hall–Kier alpha value is -4.13. The predicted octanol–water partition coefficient (Wildman–Crippen LogP) is 2.55. The van der Waals surface area contributed by atoms with E-state index in [1.54, 1.807) is 13.8 Å². The molecule has 13 heteroatoms. The molecule has 1 aromatic carbocycles. The largest absolute Gasteiger partial charge is 0.462 e. The molecule has 178 valence electrons. The van der Waals surface area contributed by atoms with E-state index in [0.29, 0.717) is 4.90 Å². The van der Waals surface area contributed by atoms with E-state index >= 15 is 0 Å². The fourth-order valence-corrected chi connectivity index (χ4v) is 4.47. The third-order valence-corrected chi connectivity index (χ3v) is 6.00. The summed E-state index contributed by atoms with van der Waals surface area (Å²) in [5.74, 6) is -4.18. The number of hydrogen-bond acceptors (Lipinski definition) is 10. The number of fused-ring (bicyclic) bond motifs is 1. The van der Waals surface area contributed by atoms with Gasteiger partial charge in [0.1, 0.15) is 22.0 Å². The molecule has 2 aromatic rings. The van der Waals surface area contributed by atoms with Gasteiger partial charge >= 0.3 is 11.9 Å². The number of amides is 3. The Bertz CT molecular complexity index is 1230. The van der Waals surface area contributed by atoms with E-state index in [0.717, 1.165) is 17.4 Å². The van der Waals surface area contributed by atoms with Crippen molar-refractivity contribution >= 4 is 51.7 Å². The second-order valence-corrected chi connectivity index (χ2v) is 7.92. The molecule has 0 radical (unpaired) electrons. The highest BCUT2D eigenvalue weighted by molar-refractivity contribution is 7.18. The van der Waals surface area contributed by atoms with Crippen LogP contribution in [0.2, 0.25) is 0 Å². The number of carbonyl (C=O) groups is 5. The highest BCUT2D eigenvalue weighted by Gasteiger charge is 2.42. The van der Waals surface area contributed by atoms with Gasteiger partial charge in [-0.2, -0.15) is 0 Å². The number of benzene rings is 1. The van der Waals surface area contributed by atoms with Crippen LogP contribution >= 0.6 is 11.3 Å². The Balaban J connectivity index is 1.88. The molecule has 1 aromatic heterocycles. The van der Waals surface area contributed by atoms with Crippen LogP contribution in [-0.2, 0) is 14.3 Å². The summed E-state index contributed by atoms with van der Waals surface area (Å²) < 4.78 is 9.99. The van der Waals surface area contributed by atoms with Gasteiger partial charge in [0.2, 0.25) is 5.91 Å². The van der Waals surface area contributed by atoms with Gasteiger partial charge in [0, 0.05) is 6.07 Å². The molecule has 0 spiro atoms. The van der Waals surface area contributed by atoms with Crippen molar-refractivity contribution in [2.24, 2.45) is 0 Å². The Labute approximate surface area is 196 Å². The monoisotopic (exact) mass is 489 g/mol. The first-order chi connectivity index (χ1) is 16.1. The van der Waals surface area contributed by atoms with Crippen LogP contribution in [0.1, 0.15) is 60.2 Å². The molecule has 2 heterocycles. The topological polar surface area (TPSA) is 162 Å². The molecular formula is C21H19N3O9S. The van der Waals surface area contributed by atoms with Crippen molar-refractivity contribution in [2.45, 2.75) is 20.8 Å². The zero-order chi connectivity index (χ0) is 25.2. The Kier molecular flexibility index (Phi) is 7.05. The molecule has 0 unspecified atom stereocenters. The molecule has 0 bridgehead atoms. The SMILES string of the molecule is CCOC(=O)c1sc(NC(=O)CN2C(=O)c3cccc([N+](=O)[O-])c3C2=O)c(C(=O)OCC)c1C. The number of nitrogens with zero attached hydrogens (tertiary/aromatic N) is 2. The number of anilines is 1. The summed E-state index contributed by atoms with van der Waals surface area (Å²) in [5, 5.41) is 13.6. The maximum absolute atomic E-state index is 12.7. The zero-order valence-corrected chi connectivity index (χ0v) is 19.1. The molecule has 12 nitrogen and oxygen atoms in total. The van der Waals surface area contributed by atoms with Gasteiger partial charge in [-0.15, -0.1) is 11.3 Å². The standard InChI is InChI=1S/C21H19N3O9S/c1-4-32-20(28)14-10(3)16(21(29)33-5-2)34-17(14)22-13(25)9-23-18(26)11-7-6-8-12(24(30)31)15(11)19(23)27/h6-8H,4-5,9H2,1-3H3,(H,22,25). The van der Waals surface area contributed by atoms with Crippen LogP contribution in [0, 0.1) is 17.0 Å². The van der Waals surface area contributed by atoms with Gasteiger partial charge in [-0.1, -0.05) is 6.07 Å². The number of nitrogens with one attached hydrogen (secondary N) is 1. The zero-order valence-electron chi connectivity index (χ0n) is 18.3. The first-order valence-corrected chi connectivity index (χ1v) is 10.8. The predicted molar refractivity (Wildman–Crippen MR) is 118 cm³/mol. The van der Waals surface area contributed by atoms with Crippen LogP contribution < -0.4 is 5.32 Å². The van der Waals surface area contributed by atoms with Crippen molar-refractivity contribution < 1.29 is 38.4 Å². The second-order valence-electron chi connectivity index (χ2n) is 6.90. The molecule has 1 aliphatic heterocycles. The van der Waals surface area contributed by atoms with Crippen LogP contribution in [0.25, 0.3) is 0 Å². The van der Waals surface area contributed by atoms with Crippen molar-refractivity contribution in [2.75, 3.05) is 25.1 Å². The van der Waals surface area contributed by atoms with Crippen LogP contribution in [-0.4, -0.2) is 59.2 Å². The molecule has 3 amide bonds. The maximum Gasteiger partial charge on any atom is 0.348 e. The van der Waals surface area contributed by atoms with Crippen molar-refractivity contribution in [1.82, 2.24) is 4.90 Å². The number of ether oxygens (including phenoxy) is 2. The highest BCUT2D eigenvalue weighted by Crippen LogP contribution is 2.35. The summed E-state index contributed by atoms with van der Waals surface area (Å²) in [7, 11) is 0. The number of esters is 2. The quantitative estimate of drug-likeness (QED) is 0.254. The number of carbonyl (C=O) groups excluding carboxylic acids is 5. The molecule has 1 N–H and O–H groups in total.